The number of allylic oxidation sites excluding steroid dienone is 4. The molecule has 0 aromatic carbocycles. The number of hydrogen-bond donors (Lipinski definition) is 3. The molecule has 0 aliphatic heterocycles. The highest BCUT2D eigenvalue weighted by molar-refractivity contribution is 5.88. The van der Waals surface area contributed by atoms with E-state index in [-0.39, 0.29) is 33.7 Å². The molecule has 264 valence electrons. The monoisotopic (exact) mass is 654 g/mol. The van der Waals surface area contributed by atoms with Crippen molar-refractivity contribution in [2.45, 2.75) is 146 Å². The number of aliphatic hydroxyl groups excluding tert-OH is 3. The summed E-state index contributed by atoms with van der Waals surface area (Å²) in [5.41, 5.74) is -0.357. The van der Waals surface area contributed by atoms with Crippen molar-refractivity contribution in [1.82, 2.24) is 0 Å². The van der Waals surface area contributed by atoms with Crippen molar-refractivity contribution < 1.29 is 34.4 Å². The van der Waals surface area contributed by atoms with E-state index in [1.807, 2.05) is 0 Å². The Morgan fingerprint density at radius 1 is 0.830 bits per heavy atom. The Hall–Kier alpha value is -1.96. The van der Waals surface area contributed by atoms with Gasteiger partial charge in [-0.15, -0.1) is 0 Å². The average molecular weight is 655 g/mol. The van der Waals surface area contributed by atoms with E-state index in [0.29, 0.717) is 35.8 Å². The molecular formula is C40H62O7. The number of hydrogen-bond acceptors (Lipinski definition) is 7. The quantitative estimate of drug-likeness (QED) is 0.165. The predicted octanol–water partition coefficient (Wildman–Crippen LogP) is 7.09. The maximum Gasteiger partial charge on any atom is 0.333 e. The number of rotatable bonds is 5. The van der Waals surface area contributed by atoms with Crippen LogP contribution < -0.4 is 0 Å². The smallest absolute Gasteiger partial charge is 0.333 e. The van der Waals surface area contributed by atoms with Crippen molar-refractivity contribution >= 4 is 11.9 Å². The summed E-state index contributed by atoms with van der Waals surface area (Å²) >= 11 is 0. The van der Waals surface area contributed by atoms with Crippen LogP contribution >= 0.6 is 0 Å². The molecule has 4 saturated carbocycles. The third-order valence-electron chi connectivity index (χ3n) is 15.3. The molecule has 0 radical (unpaired) electrons. The normalized spacial score (nSPS) is 45.7. The Morgan fingerprint density at radius 2 is 1.40 bits per heavy atom. The van der Waals surface area contributed by atoms with Crippen LogP contribution in [-0.2, 0) is 19.1 Å². The molecule has 0 aromatic rings. The van der Waals surface area contributed by atoms with Gasteiger partial charge in [0.05, 0.1) is 24.2 Å². The molecule has 0 amide bonds. The number of fused-ring (bicyclic) bond motifs is 7. The van der Waals surface area contributed by atoms with Gasteiger partial charge < -0.3 is 24.8 Å². The molecule has 5 aliphatic rings. The fourth-order valence-electron chi connectivity index (χ4n) is 11.9. The van der Waals surface area contributed by atoms with Crippen LogP contribution in [0.3, 0.4) is 0 Å². The largest absolute Gasteiger partial charge is 0.454 e. The van der Waals surface area contributed by atoms with Crippen molar-refractivity contribution in [3.63, 3.8) is 0 Å². The second-order valence-electron chi connectivity index (χ2n) is 18.0. The predicted molar refractivity (Wildman–Crippen MR) is 183 cm³/mol. The summed E-state index contributed by atoms with van der Waals surface area (Å²) in [7, 11) is 0. The summed E-state index contributed by atoms with van der Waals surface area (Å²) in [5.74, 6) is -0.532. The first-order chi connectivity index (χ1) is 21.7. The fraction of sp³-hybridized carbons (Fsp3) is 0.800. The van der Waals surface area contributed by atoms with Gasteiger partial charge in [-0.3, -0.25) is 0 Å². The Bertz CT molecular complexity index is 1370. The maximum absolute atomic E-state index is 13.5. The number of esters is 2. The molecule has 5 aliphatic carbocycles. The second-order valence-corrected chi connectivity index (χ2v) is 18.0. The van der Waals surface area contributed by atoms with E-state index >= 15 is 0 Å². The van der Waals surface area contributed by atoms with Crippen LogP contribution in [0.2, 0.25) is 0 Å². The third-order valence-corrected chi connectivity index (χ3v) is 15.3. The van der Waals surface area contributed by atoms with E-state index in [1.165, 1.54) is 5.57 Å². The Balaban J connectivity index is 1.65. The van der Waals surface area contributed by atoms with E-state index in [9.17, 15) is 24.9 Å². The molecule has 4 fully saturated rings. The lowest BCUT2D eigenvalue weighted by atomic mass is 9.33. The van der Waals surface area contributed by atoms with Gasteiger partial charge in [-0.2, -0.15) is 0 Å². The molecule has 7 nitrogen and oxygen atoms in total. The fourth-order valence-corrected chi connectivity index (χ4v) is 11.9. The molecule has 0 saturated heterocycles. The van der Waals surface area contributed by atoms with Gasteiger partial charge in [0.1, 0.15) is 6.10 Å². The second kappa shape index (κ2) is 11.8. The molecule has 0 bridgehead atoms. The lowest BCUT2D eigenvalue weighted by Gasteiger charge is -2.72. The minimum absolute atomic E-state index is 0.0507. The SMILES string of the molecule is C/C=C(/C)C(=O)O[C@H]1[C@H](OC(=O)/C(C)=C\C)[C@]2(CO)[C@H](O)C[C@]3(C)C(=CC[C@@H]4[C@@]5(C)CC[C@@H](O)C(C)(C)[C@@H]5CC[C@]43C)[C@@H]2CC1(C)C. The minimum Gasteiger partial charge on any atom is -0.454 e. The highest BCUT2D eigenvalue weighted by Crippen LogP contribution is 2.76. The number of carbonyl (C=O) groups is 2. The lowest BCUT2D eigenvalue weighted by Crippen LogP contribution is -2.72. The van der Waals surface area contributed by atoms with E-state index in [2.05, 4.69) is 54.5 Å². The molecule has 0 aromatic heterocycles. The molecule has 47 heavy (non-hydrogen) atoms. The van der Waals surface area contributed by atoms with Crippen LogP contribution in [0.5, 0.6) is 0 Å². The third kappa shape index (κ3) is 4.98. The summed E-state index contributed by atoms with van der Waals surface area (Å²) in [6.07, 6.45) is 8.26. The molecule has 0 spiro atoms. The van der Waals surface area contributed by atoms with Crippen LogP contribution in [0.15, 0.2) is 34.9 Å². The number of aliphatic hydroxyl groups is 3. The van der Waals surface area contributed by atoms with Gasteiger partial charge in [-0.25, -0.2) is 9.59 Å². The van der Waals surface area contributed by atoms with E-state index in [1.54, 1.807) is 39.8 Å². The Kier molecular flexibility index (Phi) is 9.14. The van der Waals surface area contributed by atoms with Crippen molar-refractivity contribution in [2.75, 3.05) is 6.61 Å². The van der Waals surface area contributed by atoms with E-state index in [0.717, 1.165) is 32.1 Å². The average Bonchev–Trinajstić information content (AvgIpc) is 3.00. The van der Waals surface area contributed by atoms with Crippen molar-refractivity contribution in [1.29, 1.82) is 0 Å². The molecule has 3 N–H and O–H groups in total. The van der Waals surface area contributed by atoms with Crippen LogP contribution in [0.25, 0.3) is 0 Å². The Labute approximate surface area is 283 Å². The highest BCUT2D eigenvalue weighted by Gasteiger charge is 2.73. The van der Waals surface area contributed by atoms with Gasteiger partial charge in [0, 0.05) is 16.6 Å². The van der Waals surface area contributed by atoms with Crippen molar-refractivity contribution in [3.8, 4) is 0 Å². The van der Waals surface area contributed by atoms with Crippen LogP contribution in [0, 0.1) is 50.2 Å². The van der Waals surface area contributed by atoms with Gasteiger partial charge in [0.15, 0.2) is 6.10 Å². The summed E-state index contributed by atoms with van der Waals surface area (Å²) in [6.45, 7) is 22.4. The zero-order valence-electron chi connectivity index (χ0n) is 30.9. The van der Waals surface area contributed by atoms with E-state index in [4.69, 9.17) is 9.47 Å². The Morgan fingerprint density at radius 3 is 1.96 bits per heavy atom. The first kappa shape index (κ1) is 36.3. The topological polar surface area (TPSA) is 113 Å². The van der Waals surface area contributed by atoms with Gasteiger partial charge in [-0.1, -0.05) is 72.3 Å². The first-order valence-electron chi connectivity index (χ1n) is 18.1. The zero-order valence-corrected chi connectivity index (χ0v) is 30.9. The van der Waals surface area contributed by atoms with Gasteiger partial charge in [0.2, 0.25) is 0 Å². The first-order valence-corrected chi connectivity index (χ1v) is 18.1. The van der Waals surface area contributed by atoms with Gasteiger partial charge in [-0.05, 0) is 112 Å². The summed E-state index contributed by atoms with van der Waals surface area (Å²) in [5, 5.41) is 35.1. The van der Waals surface area contributed by atoms with Crippen LogP contribution in [-0.4, -0.2) is 58.3 Å². The highest BCUT2D eigenvalue weighted by atomic mass is 16.6. The van der Waals surface area contributed by atoms with E-state index < -0.39 is 47.7 Å². The summed E-state index contributed by atoms with van der Waals surface area (Å²) in [4.78, 5) is 26.8. The number of carbonyl (C=O) groups excluding carboxylic acids is 2. The molecular weight excluding hydrogens is 592 g/mol. The maximum atomic E-state index is 13.5. The standard InChI is InChI=1S/C40H62O7/c1-12-23(3)33(44)46-31-32(47-34(45)24(4)13-2)40(22-41)26(20-35(31,5)6)25-14-15-28-37(9)18-17-29(42)36(7,8)27(37)16-19-38(28,10)39(25,11)21-30(40)43/h12-14,26-32,41-43H,15-22H2,1-11H3/b23-12-,24-13-/t26-,27-,28+,29+,30+,31-,32-,37-,38+,39+,40-/m0/s1. The molecule has 7 heteroatoms. The van der Waals surface area contributed by atoms with Crippen LogP contribution in [0.1, 0.15) is 121 Å². The van der Waals surface area contributed by atoms with Crippen molar-refractivity contribution in [2.24, 2.45) is 50.2 Å². The summed E-state index contributed by atoms with van der Waals surface area (Å²) in [6, 6.07) is 0. The summed E-state index contributed by atoms with van der Waals surface area (Å²) < 4.78 is 12.5. The molecule has 11 atom stereocenters. The molecule has 5 rings (SSSR count). The lowest BCUT2D eigenvalue weighted by molar-refractivity contribution is -0.265. The number of ether oxygens (including phenoxy) is 2. The molecule has 0 heterocycles. The zero-order chi connectivity index (χ0) is 35.1. The van der Waals surface area contributed by atoms with Gasteiger partial charge in [0.25, 0.3) is 0 Å². The minimum atomic E-state index is -1.25. The van der Waals surface area contributed by atoms with Gasteiger partial charge >= 0.3 is 11.9 Å². The van der Waals surface area contributed by atoms with Crippen LogP contribution in [0.4, 0.5) is 0 Å². The van der Waals surface area contributed by atoms with Crippen molar-refractivity contribution in [3.05, 3.63) is 34.9 Å². The molecule has 0 unspecified atom stereocenters.